The summed E-state index contributed by atoms with van der Waals surface area (Å²) in [6.07, 6.45) is 1.33. The van der Waals surface area contributed by atoms with Gasteiger partial charge in [-0.1, -0.05) is 13.0 Å². The number of aliphatic carboxylic acids is 1. The van der Waals surface area contributed by atoms with Gasteiger partial charge in [-0.2, -0.15) is 8.78 Å². The summed E-state index contributed by atoms with van der Waals surface area (Å²) in [5.74, 6) is -1.30. The summed E-state index contributed by atoms with van der Waals surface area (Å²) in [6, 6.07) is 5.69. The third-order valence-electron chi connectivity index (χ3n) is 4.03. The molecule has 0 spiro atoms. The molecular weight excluding hydrogens is 322 g/mol. The highest BCUT2D eigenvalue weighted by Gasteiger charge is 2.34. The number of likely N-dealkylation sites (N-methyl/N-ethyl adjacent to an activating group) is 1. The minimum atomic E-state index is -2.94. The van der Waals surface area contributed by atoms with Crippen LogP contribution in [0.5, 0.6) is 5.75 Å². The predicted molar refractivity (Wildman–Crippen MR) is 82.2 cm³/mol. The Labute approximate surface area is 138 Å². The lowest BCUT2D eigenvalue weighted by Crippen LogP contribution is -2.54. The number of hydrogen-bond donors (Lipinski definition) is 2. The maximum Gasteiger partial charge on any atom is 0.387 e. The number of alkyl halides is 2. The normalized spacial score (nSPS) is 19.9. The second kappa shape index (κ2) is 8.05. The van der Waals surface area contributed by atoms with E-state index in [0.717, 1.165) is 0 Å². The van der Waals surface area contributed by atoms with Gasteiger partial charge in [0.2, 0.25) is 0 Å². The van der Waals surface area contributed by atoms with Crippen molar-refractivity contribution in [3.63, 3.8) is 0 Å². The second-order valence-corrected chi connectivity index (χ2v) is 5.66. The molecule has 1 amide bonds. The lowest BCUT2D eigenvalue weighted by Gasteiger charge is -2.42. The third-order valence-corrected chi connectivity index (χ3v) is 4.03. The molecule has 8 heteroatoms. The summed E-state index contributed by atoms with van der Waals surface area (Å²) in [5.41, 5.74) is 0.245. The van der Waals surface area contributed by atoms with Gasteiger partial charge in [-0.25, -0.2) is 0 Å². The highest BCUT2D eigenvalue weighted by Crippen LogP contribution is 2.26. The van der Waals surface area contributed by atoms with Gasteiger partial charge in [-0.3, -0.25) is 14.5 Å². The van der Waals surface area contributed by atoms with Crippen molar-refractivity contribution in [1.29, 1.82) is 0 Å². The van der Waals surface area contributed by atoms with Gasteiger partial charge in [0.15, 0.2) is 0 Å². The first-order valence-electron chi connectivity index (χ1n) is 7.70. The maximum absolute atomic E-state index is 12.2. The van der Waals surface area contributed by atoms with E-state index in [0.29, 0.717) is 19.4 Å². The number of carboxylic acids is 1. The van der Waals surface area contributed by atoms with Crippen LogP contribution in [0.15, 0.2) is 24.3 Å². The molecule has 1 fully saturated rings. The largest absolute Gasteiger partial charge is 0.480 e. The standard InChI is InChI=1S/C16H20F2N2O4/c1-2-20(9-14(21)22)12-7-11(8-12)19-15(23)10-4-3-5-13(6-10)24-16(17)18/h3-6,11-12,16H,2,7-9H2,1H3,(H,19,23)(H,21,22). The van der Waals surface area contributed by atoms with Crippen molar-refractivity contribution >= 4 is 11.9 Å². The van der Waals surface area contributed by atoms with Crippen molar-refractivity contribution in [1.82, 2.24) is 10.2 Å². The number of halogens is 2. The molecule has 2 rings (SSSR count). The van der Waals surface area contributed by atoms with Gasteiger partial charge < -0.3 is 15.2 Å². The smallest absolute Gasteiger partial charge is 0.387 e. The molecule has 24 heavy (non-hydrogen) atoms. The molecule has 1 aromatic carbocycles. The summed E-state index contributed by atoms with van der Waals surface area (Å²) >= 11 is 0. The molecule has 2 N–H and O–H groups in total. The van der Waals surface area contributed by atoms with Crippen LogP contribution >= 0.6 is 0 Å². The van der Waals surface area contributed by atoms with Gasteiger partial charge in [0.25, 0.3) is 5.91 Å². The first-order chi connectivity index (χ1) is 11.4. The number of carbonyl (C=O) groups is 2. The molecule has 0 radical (unpaired) electrons. The zero-order valence-corrected chi connectivity index (χ0v) is 13.2. The molecule has 0 saturated heterocycles. The average molecular weight is 342 g/mol. The molecule has 6 nitrogen and oxygen atoms in total. The second-order valence-electron chi connectivity index (χ2n) is 5.66. The number of benzene rings is 1. The Balaban J connectivity index is 1.85. The summed E-state index contributed by atoms with van der Waals surface area (Å²) in [6.45, 7) is -0.437. The number of amides is 1. The van der Waals surface area contributed by atoms with Gasteiger partial charge in [0, 0.05) is 17.6 Å². The van der Waals surface area contributed by atoms with Crippen LogP contribution in [0.1, 0.15) is 30.1 Å². The van der Waals surface area contributed by atoms with Crippen LogP contribution in [0, 0.1) is 0 Å². The van der Waals surface area contributed by atoms with E-state index in [1.807, 2.05) is 11.8 Å². The van der Waals surface area contributed by atoms with Crippen molar-refractivity contribution in [2.45, 2.75) is 38.5 Å². The van der Waals surface area contributed by atoms with E-state index >= 15 is 0 Å². The highest BCUT2D eigenvalue weighted by atomic mass is 19.3. The summed E-state index contributed by atoms with van der Waals surface area (Å²) in [5, 5.41) is 11.7. The molecule has 1 aromatic rings. The maximum atomic E-state index is 12.2. The molecule has 0 unspecified atom stereocenters. The van der Waals surface area contributed by atoms with Crippen LogP contribution in [0.4, 0.5) is 8.78 Å². The number of nitrogens with zero attached hydrogens (tertiary/aromatic N) is 1. The fraction of sp³-hybridized carbons (Fsp3) is 0.500. The molecule has 1 aliphatic rings. The van der Waals surface area contributed by atoms with Crippen molar-refractivity contribution in [2.24, 2.45) is 0 Å². The fourth-order valence-corrected chi connectivity index (χ4v) is 2.76. The molecule has 0 bridgehead atoms. The summed E-state index contributed by atoms with van der Waals surface area (Å²) in [7, 11) is 0. The number of nitrogens with one attached hydrogen (secondary N) is 1. The first kappa shape index (κ1) is 18.1. The summed E-state index contributed by atoms with van der Waals surface area (Å²) in [4.78, 5) is 24.8. The third kappa shape index (κ3) is 4.89. The first-order valence-corrected chi connectivity index (χ1v) is 7.70. The number of rotatable bonds is 8. The van der Waals surface area contributed by atoms with Crippen molar-refractivity contribution in [2.75, 3.05) is 13.1 Å². The lowest BCUT2D eigenvalue weighted by molar-refractivity contribution is -0.139. The number of ether oxygens (including phenoxy) is 1. The van der Waals surface area contributed by atoms with Crippen LogP contribution in [-0.4, -0.2) is 53.7 Å². The average Bonchev–Trinajstić information content (AvgIpc) is 2.47. The topological polar surface area (TPSA) is 78.9 Å². The molecule has 0 heterocycles. The molecule has 0 atom stereocenters. The Kier molecular flexibility index (Phi) is 6.08. The van der Waals surface area contributed by atoms with E-state index in [-0.39, 0.29) is 35.8 Å². The number of hydrogen-bond acceptors (Lipinski definition) is 4. The van der Waals surface area contributed by atoms with Crippen molar-refractivity contribution in [3.05, 3.63) is 29.8 Å². The number of carboxylic acid groups (broad SMARTS) is 1. The Morgan fingerprint density at radius 2 is 2.12 bits per heavy atom. The van der Waals surface area contributed by atoms with Gasteiger partial charge in [0.05, 0.1) is 6.54 Å². The quantitative estimate of drug-likeness (QED) is 0.755. The summed E-state index contributed by atoms with van der Waals surface area (Å²) < 4.78 is 28.7. The molecule has 1 saturated carbocycles. The van der Waals surface area contributed by atoms with E-state index in [4.69, 9.17) is 5.11 Å². The molecule has 0 aromatic heterocycles. The van der Waals surface area contributed by atoms with Crippen LogP contribution in [0.25, 0.3) is 0 Å². The lowest BCUT2D eigenvalue weighted by atomic mass is 9.85. The van der Waals surface area contributed by atoms with Gasteiger partial charge in [-0.15, -0.1) is 0 Å². The van der Waals surface area contributed by atoms with Crippen LogP contribution in [0.2, 0.25) is 0 Å². The van der Waals surface area contributed by atoms with E-state index < -0.39 is 12.6 Å². The van der Waals surface area contributed by atoms with Crippen LogP contribution < -0.4 is 10.1 Å². The molecule has 0 aliphatic heterocycles. The minimum Gasteiger partial charge on any atom is -0.480 e. The molecular formula is C16H20F2N2O4. The Hall–Kier alpha value is -2.22. The van der Waals surface area contributed by atoms with Gasteiger partial charge in [-0.05, 0) is 37.6 Å². The molecule has 132 valence electrons. The monoisotopic (exact) mass is 342 g/mol. The zero-order valence-electron chi connectivity index (χ0n) is 13.2. The van der Waals surface area contributed by atoms with E-state index in [1.165, 1.54) is 24.3 Å². The van der Waals surface area contributed by atoms with Gasteiger partial charge in [0.1, 0.15) is 5.75 Å². The molecule has 1 aliphatic carbocycles. The minimum absolute atomic E-state index is 0.0190. The fourth-order valence-electron chi connectivity index (χ4n) is 2.76. The number of carbonyl (C=O) groups excluding carboxylic acids is 1. The Morgan fingerprint density at radius 3 is 2.71 bits per heavy atom. The van der Waals surface area contributed by atoms with Crippen molar-refractivity contribution in [3.8, 4) is 5.75 Å². The van der Waals surface area contributed by atoms with E-state index in [2.05, 4.69) is 10.1 Å². The Morgan fingerprint density at radius 1 is 1.42 bits per heavy atom. The van der Waals surface area contributed by atoms with E-state index in [1.54, 1.807) is 0 Å². The van der Waals surface area contributed by atoms with Crippen molar-refractivity contribution < 1.29 is 28.2 Å². The highest BCUT2D eigenvalue weighted by molar-refractivity contribution is 5.94. The predicted octanol–water partition coefficient (Wildman–Crippen LogP) is 1.96. The van der Waals surface area contributed by atoms with Crippen LogP contribution in [-0.2, 0) is 4.79 Å². The SMILES string of the molecule is CCN(CC(=O)O)C1CC(NC(=O)c2cccc(OC(F)F)c2)C1. The van der Waals surface area contributed by atoms with E-state index in [9.17, 15) is 18.4 Å². The Bertz CT molecular complexity index is 591. The zero-order chi connectivity index (χ0) is 17.7. The van der Waals surface area contributed by atoms with Gasteiger partial charge >= 0.3 is 12.6 Å². The van der Waals surface area contributed by atoms with Crippen LogP contribution in [0.3, 0.4) is 0 Å².